The van der Waals surface area contributed by atoms with Gasteiger partial charge in [0, 0.05) is 0 Å². The summed E-state index contributed by atoms with van der Waals surface area (Å²) in [6, 6.07) is 0. The summed E-state index contributed by atoms with van der Waals surface area (Å²) < 4.78 is 35.6. The molecule has 0 aromatic rings. The second-order valence-corrected chi connectivity index (χ2v) is 15.6. The standard InChI is InChI=1S/C30H51NO8S/c1-6-20-24-17-19(32)9-13-30(24,4)23-10-14-29(3)21(7-8-22(29)26(23)27(20)34)18(2)11-15-39-28(35)31-40(36,37)16-12-25(33)38-5/h18-24,26-27,32,34H,6-17H2,1-5H3,(H,31,35)/t18-,19-,20-,21-,22+,23+,24+,26+,27-,29-,30-/m1/s1. The average Bonchev–Trinajstić information content (AvgIpc) is 3.25. The van der Waals surface area contributed by atoms with Crippen LogP contribution in [0.1, 0.15) is 91.9 Å². The number of aliphatic hydroxyl groups excluding tert-OH is 2. The zero-order valence-corrected chi connectivity index (χ0v) is 25.8. The highest BCUT2D eigenvalue weighted by Crippen LogP contribution is 2.69. The van der Waals surface area contributed by atoms with Crippen molar-refractivity contribution in [1.29, 1.82) is 0 Å². The molecule has 1 amide bonds. The number of carbonyl (C=O) groups excluding carboxylic acids is 2. The number of methoxy groups -OCH3 is 1. The summed E-state index contributed by atoms with van der Waals surface area (Å²) in [5.74, 6) is 1.37. The summed E-state index contributed by atoms with van der Waals surface area (Å²) in [6.45, 7) is 9.37. The second-order valence-electron chi connectivity index (χ2n) is 13.8. The molecule has 4 rings (SSSR count). The third-order valence-corrected chi connectivity index (χ3v) is 13.2. The van der Waals surface area contributed by atoms with E-state index in [1.54, 1.807) is 0 Å². The van der Waals surface area contributed by atoms with Crippen LogP contribution in [0, 0.1) is 52.3 Å². The van der Waals surface area contributed by atoms with E-state index in [0.29, 0.717) is 30.1 Å². The second kappa shape index (κ2) is 12.1. The van der Waals surface area contributed by atoms with Crippen LogP contribution in [0.2, 0.25) is 0 Å². The molecule has 0 aromatic carbocycles. The van der Waals surface area contributed by atoms with Gasteiger partial charge in [0.25, 0.3) is 0 Å². The van der Waals surface area contributed by atoms with Crippen molar-refractivity contribution in [3.8, 4) is 0 Å². The number of amides is 1. The van der Waals surface area contributed by atoms with E-state index in [2.05, 4.69) is 32.4 Å². The minimum atomic E-state index is -3.98. The lowest BCUT2D eigenvalue weighted by atomic mass is 9.41. The van der Waals surface area contributed by atoms with E-state index in [1.165, 1.54) is 7.11 Å². The largest absolute Gasteiger partial charge is 0.469 e. The van der Waals surface area contributed by atoms with E-state index in [1.807, 2.05) is 4.72 Å². The smallest absolute Gasteiger partial charge is 0.420 e. The van der Waals surface area contributed by atoms with E-state index < -0.39 is 27.8 Å². The Morgan fingerprint density at radius 3 is 2.38 bits per heavy atom. The van der Waals surface area contributed by atoms with Crippen molar-refractivity contribution in [2.75, 3.05) is 19.5 Å². The number of rotatable bonds is 9. The van der Waals surface area contributed by atoms with Crippen molar-refractivity contribution >= 4 is 22.1 Å². The van der Waals surface area contributed by atoms with Gasteiger partial charge >= 0.3 is 12.1 Å². The predicted octanol–water partition coefficient (Wildman–Crippen LogP) is 4.26. The van der Waals surface area contributed by atoms with Gasteiger partial charge in [-0.15, -0.1) is 0 Å². The first-order valence-electron chi connectivity index (χ1n) is 15.4. The fraction of sp³-hybridized carbons (Fsp3) is 0.933. The summed E-state index contributed by atoms with van der Waals surface area (Å²) in [5.41, 5.74) is 0.282. The van der Waals surface area contributed by atoms with Gasteiger partial charge in [-0.1, -0.05) is 34.1 Å². The topological polar surface area (TPSA) is 139 Å². The Bertz CT molecular complexity index is 1030. The predicted molar refractivity (Wildman–Crippen MR) is 150 cm³/mol. The molecule has 230 valence electrons. The monoisotopic (exact) mass is 585 g/mol. The molecule has 0 bridgehead atoms. The molecule has 4 aliphatic rings. The molecule has 0 aromatic heterocycles. The van der Waals surface area contributed by atoms with Crippen LogP contribution in [0.4, 0.5) is 4.79 Å². The van der Waals surface area contributed by atoms with Gasteiger partial charge in [0.15, 0.2) is 0 Å². The lowest BCUT2D eigenvalue weighted by molar-refractivity contribution is -0.203. The van der Waals surface area contributed by atoms with Crippen LogP contribution in [-0.4, -0.2) is 62.4 Å². The maximum Gasteiger partial charge on any atom is 0.420 e. The van der Waals surface area contributed by atoms with Crippen LogP contribution in [0.25, 0.3) is 0 Å². The van der Waals surface area contributed by atoms with Gasteiger partial charge in [-0.25, -0.2) is 17.9 Å². The molecule has 9 nitrogen and oxygen atoms in total. The van der Waals surface area contributed by atoms with E-state index in [-0.39, 0.29) is 53.8 Å². The van der Waals surface area contributed by atoms with Crippen LogP contribution in [0.15, 0.2) is 0 Å². The fourth-order valence-electron chi connectivity index (χ4n) is 10.00. The van der Waals surface area contributed by atoms with E-state index in [0.717, 1.165) is 51.4 Å². The van der Waals surface area contributed by atoms with Gasteiger partial charge in [0.05, 0.1) is 38.1 Å². The van der Waals surface area contributed by atoms with Gasteiger partial charge in [-0.2, -0.15) is 0 Å². The quantitative estimate of drug-likeness (QED) is 0.341. The minimum Gasteiger partial charge on any atom is -0.469 e. The first-order chi connectivity index (χ1) is 18.8. The number of hydrogen-bond donors (Lipinski definition) is 3. The van der Waals surface area contributed by atoms with Gasteiger partial charge in [0.2, 0.25) is 10.0 Å². The molecule has 4 fully saturated rings. The number of aliphatic hydroxyl groups is 2. The number of nitrogens with one attached hydrogen (secondary N) is 1. The number of sulfonamides is 1. The maximum absolute atomic E-state index is 12.1. The lowest BCUT2D eigenvalue weighted by Gasteiger charge is -2.64. The molecule has 0 aliphatic heterocycles. The molecule has 11 atom stereocenters. The highest BCUT2D eigenvalue weighted by Gasteiger charge is 2.64. The summed E-state index contributed by atoms with van der Waals surface area (Å²) in [4.78, 5) is 23.3. The van der Waals surface area contributed by atoms with Crippen molar-refractivity contribution in [2.45, 2.75) is 104 Å². The Kier molecular flexibility index (Phi) is 9.52. The molecule has 4 aliphatic carbocycles. The number of esters is 1. The number of fused-ring (bicyclic) bond motifs is 5. The van der Waals surface area contributed by atoms with Gasteiger partial charge < -0.3 is 19.7 Å². The number of carbonyl (C=O) groups is 2. The van der Waals surface area contributed by atoms with Gasteiger partial charge in [0.1, 0.15) is 0 Å². The fourth-order valence-corrected chi connectivity index (χ4v) is 10.8. The summed E-state index contributed by atoms with van der Waals surface area (Å²) in [5, 5.41) is 22.3. The molecule has 0 unspecified atom stereocenters. The molecule has 0 spiro atoms. The highest BCUT2D eigenvalue weighted by atomic mass is 32.2. The third kappa shape index (κ3) is 5.91. The van der Waals surface area contributed by atoms with Crippen molar-refractivity contribution in [1.82, 2.24) is 4.72 Å². The molecular formula is C30H51NO8S. The van der Waals surface area contributed by atoms with Crippen LogP contribution in [0.3, 0.4) is 0 Å². The molecule has 40 heavy (non-hydrogen) atoms. The summed E-state index contributed by atoms with van der Waals surface area (Å²) in [7, 11) is -2.81. The summed E-state index contributed by atoms with van der Waals surface area (Å²) in [6.07, 6.45) is 6.79. The lowest BCUT2D eigenvalue weighted by Crippen LogP contribution is -2.62. The van der Waals surface area contributed by atoms with E-state index in [9.17, 15) is 28.2 Å². The summed E-state index contributed by atoms with van der Waals surface area (Å²) >= 11 is 0. The zero-order valence-electron chi connectivity index (χ0n) is 24.9. The van der Waals surface area contributed by atoms with Crippen LogP contribution in [-0.2, 0) is 24.3 Å². The molecular weight excluding hydrogens is 534 g/mol. The van der Waals surface area contributed by atoms with Crippen molar-refractivity contribution in [3.63, 3.8) is 0 Å². The zero-order chi connectivity index (χ0) is 29.5. The van der Waals surface area contributed by atoms with E-state index in [4.69, 9.17) is 4.74 Å². The first-order valence-corrected chi connectivity index (χ1v) is 17.0. The van der Waals surface area contributed by atoms with Crippen molar-refractivity contribution in [2.24, 2.45) is 52.3 Å². The molecule has 4 saturated carbocycles. The molecule has 0 heterocycles. The molecule has 0 radical (unpaired) electrons. The molecule has 10 heteroatoms. The highest BCUT2D eigenvalue weighted by molar-refractivity contribution is 7.90. The van der Waals surface area contributed by atoms with Crippen molar-refractivity contribution in [3.05, 3.63) is 0 Å². The van der Waals surface area contributed by atoms with Crippen LogP contribution >= 0.6 is 0 Å². The Hall–Kier alpha value is -1.39. The first kappa shape index (κ1) is 31.5. The Morgan fingerprint density at radius 1 is 1.02 bits per heavy atom. The van der Waals surface area contributed by atoms with Gasteiger partial charge in [-0.3, -0.25) is 4.79 Å². The Morgan fingerprint density at radius 2 is 1.70 bits per heavy atom. The SMILES string of the molecule is CC[C@H]1[C@@H](O)[C@@H]2[C@H](CC[C@]3(C)[C@@H]([C@H](C)CCOC(=O)NS(=O)(=O)CCC(=O)OC)CC[C@@H]23)[C@@]2(C)CC[C@@H](O)C[C@@H]12. The number of ether oxygens (including phenoxy) is 2. The third-order valence-electron chi connectivity index (χ3n) is 12.0. The molecule has 3 N–H and O–H groups in total. The Labute approximate surface area is 240 Å². The van der Waals surface area contributed by atoms with Crippen molar-refractivity contribution < 1.29 is 37.7 Å². The number of hydrogen-bond acceptors (Lipinski definition) is 8. The van der Waals surface area contributed by atoms with Gasteiger partial charge in [-0.05, 0) is 104 Å². The average molecular weight is 586 g/mol. The minimum absolute atomic E-state index is 0.108. The van der Waals surface area contributed by atoms with E-state index >= 15 is 0 Å². The van der Waals surface area contributed by atoms with Crippen LogP contribution < -0.4 is 4.72 Å². The normalized spacial score (nSPS) is 41.7. The van der Waals surface area contributed by atoms with Crippen LogP contribution in [0.5, 0.6) is 0 Å². The Balaban J connectivity index is 1.37. The molecule has 0 saturated heterocycles. The maximum atomic E-state index is 12.1.